The van der Waals surface area contributed by atoms with E-state index in [9.17, 15) is 19.6 Å². The lowest BCUT2D eigenvalue weighted by Crippen LogP contribution is -2.48. The number of aryl methyl sites for hydroxylation is 1. The quantitative estimate of drug-likeness (QED) is 0.482. The average Bonchev–Trinajstić information content (AvgIpc) is 2.86. The Morgan fingerprint density at radius 2 is 1.92 bits per heavy atom. The molecule has 1 saturated heterocycles. The zero-order chi connectivity index (χ0) is 26.3. The van der Waals surface area contributed by atoms with E-state index >= 15 is 0 Å². The van der Waals surface area contributed by atoms with Gasteiger partial charge in [-0.05, 0) is 49.9 Å². The summed E-state index contributed by atoms with van der Waals surface area (Å²) < 4.78 is 20.5. The van der Waals surface area contributed by atoms with E-state index in [2.05, 4.69) is 16.0 Å². The molecular formula is C27H29ClFN5O3. The highest BCUT2D eigenvalue weighted by atomic mass is 35.5. The SMILES string of the molecule is Cn1c(=O)c(C#N)c(N(C)[C@H]2CC[C@H](N(CC3COC3)c3ccc(F)cc3O)CC2)c2nc(Cl)ccc21. The Balaban J connectivity index is 1.42. The van der Waals surface area contributed by atoms with Crippen LogP contribution in [0.2, 0.25) is 5.15 Å². The van der Waals surface area contributed by atoms with Crippen LogP contribution in [0.25, 0.3) is 11.0 Å². The number of rotatable bonds is 6. The minimum Gasteiger partial charge on any atom is -0.506 e. The van der Waals surface area contributed by atoms with E-state index in [1.54, 1.807) is 25.2 Å². The van der Waals surface area contributed by atoms with Crippen molar-refractivity contribution >= 4 is 34.0 Å². The number of ether oxygens (including phenoxy) is 1. The molecule has 1 saturated carbocycles. The fraction of sp³-hybridized carbons (Fsp3) is 0.444. The molecule has 1 N–H and O–H groups in total. The topological polar surface area (TPSA) is 94.6 Å². The van der Waals surface area contributed by atoms with E-state index in [1.165, 1.54) is 10.6 Å². The molecule has 37 heavy (non-hydrogen) atoms. The normalized spacial score (nSPS) is 19.9. The number of aromatic hydroxyl groups is 1. The van der Waals surface area contributed by atoms with Crippen LogP contribution in [0.15, 0.2) is 35.1 Å². The number of anilines is 2. The van der Waals surface area contributed by atoms with E-state index < -0.39 is 5.82 Å². The number of phenols is 1. The molecule has 0 bridgehead atoms. The van der Waals surface area contributed by atoms with Crippen molar-refractivity contribution in [1.82, 2.24) is 9.55 Å². The third-order valence-electron chi connectivity index (χ3n) is 7.71. The van der Waals surface area contributed by atoms with Gasteiger partial charge in [-0.15, -0.1) is 0 Å². The van der Waals surface area contributed by atoms with Gasteiger partial charge < -0.3 is 24.2 Å². The Morgan fingerprint density at radius 3 is 2.54 bits per heavy atom. The molecule has 0 amide bonds. The highest BCUT2D eigenvalue weighted by molar-refractivity contribution is 6.29. The van der Waals surface area contributed by atoms with Gasteiger partial charge in [-0.3, -0.25) is 4.79 Å². The van der Waals surface area contributed by atoms with Gasteiger partial charge in [-0.1, -0.05) is 11.6 Å². The molecule has 1 aliphatic carbocycles. The maximum absolute atomic E-state index is 13.7. The van der Waals surface area contributed by atoms with Crippen molar-refractivity contribution in [2.24, 2.45) is 13.0 Å². The summed E-state index contributed by atoms with van der Waals surface area (Å²) in [5, 5.41) is 20.7. The fourth-order valence-corrected chi connectivity index (χ4v) is 5.75. The lowest BCUT2D eigenvalue weighted by Gasteiger charge is -2.43. The number of benzene rings is 1. The van der Waals surface area contributed by atoms with Crippen molar-refractivity contribution < 1.29 is 14.2 Å². The molecule has 2 aromatic heterocycles. The Kier molecular flexibility index (Phi) is 6.97. The Bertz CT molecular complexity index is 1430. The third-order valence-corrected chi connectivity index (χ3v) is 7.92. The van der Waals surface area contributed by atoms with Crippen LogP contribution in [-0.4, -0.2) is 53.5 Å². The first-order chi connectivity index (χ1) is 17.8. The molecule has 1 aromatic carbocycles. The number of nitrogens with zero attached hydrogens (tertiary/aromatic N) is 5. The second kappa shape index (κ2) is 10.2. The number of halogens is 2. The molecule has 0 unspecified atom stereocenters. The Hall–Kier alpha value is -3.35. The average molecular weight is 526 g/mol. The molecule has 2 aliphatic rings. The molecule has 10 heteroatoms. The number of aromatic nitrogens is 2. The molecule has 0 atom stereocenters. The second-order valence-corrected chi connectivity index (χ2v) is 10.4. The van der Waals surface area contributed by atoms with E-state index in [4.69, 9.17) is 16.3 Å². The first-order valence-corrected chi connectivity index (χ1v) is 12.8. The number of hydrogen-bond donors (Lipinski definition) is 1. The molecule has 0 spiro atoms. The first kappa shape index (κ1) is 25.3. The van der Waals surface area contributed by atoms with E-state index in [-0.39, 0.29) is 29.0 Å². The van der Waals surface area contributed by atoms with Crippen LogP contribution in [0.3, 0.4) is 0 Å². The molecule has 8 nitrogen and oxygen atoms in total. The summed E-state index contributed by atoms with van der Waals surface area (Å²) in [4.78, 5) is 21.7. The molecule has 0 radical (unpaired) electrons. The largest absolute Gasteiger partial charge is 0.506 e. The van der Waals surface area contributed by atoms with Gasteiger partial charge >= 0.3 is 0 Å². The first-order valence-electron chi connectivity index (χ1n) is 12.4. The number of nitriles is 1. The maximum Gasteiger partial charge on any atom is 0.270 e. The summed E-state index contributed by atoms with van der Waals surface area (Å²) in [6.07, 6.45) is 3.28. The highest BCUT2D eigenvalue weighted by Gasteiger charge is 2.33. The van der Waals surface area contributed by atoms with Crippen LogP contribution in [0.4, 0.5) is 15.8 Å². The smallest absolute Gasteiger partial charge is 0.270 e. The highest BCUT2D eigenvalue weighted by Crippen LogP contribution is 2.38. The molecule has 3 aromatic rings. The number of hydrogen-bond acceptors (Lipinski definition) is 7. The van der Waals surface area contributed by atoms with Crippen LogP contribution in [0, 0.1) is 23.1 Å². The Labute approximate surface area is 219 Å². The van der Waals surface area contributed by atoms with Gasteiger partial charge in [0.2, 0.25) is 0 Å². The lowest BCUT2D eigenvalue weighted by molar-refractivity contribution is -0.0286. The van der Waals surface area contributed by atoms with Crippen molar-refractivity contribution in [3.63, 3.8) is 0 Å². The summed E-state index contributed by atoms with van der Waals surface area (Å²) >= 11 is 6.20. The summed E-state index contributed by atoms with van der Waals surface area (Å²) in [6.45, 7) is 2.09. The predicted molar refractivity (Wildman–Crippen MR) is 141 cm³/mol. The van der Waals surface area contributed by atoms with Crippen molar-refractivity contribution in [3.05, 3.63) is 57.2 Å². The van der Waals surface area contributed by atoms with Crippen LogP contribution >= 0.6 is 11.6 Å². The van der Waals surface area contributed by atoms with Crippen LogP contribution in [0.1, 0.15) is 31.2 Å². The molecule has 194 valence electrons. The van der Waals surface area contributed by atoms with Crippen LogP contribution in [0.5, 0.6) is 5.75 Å². The van der Waals surface area contributed by atoms with Crippen LogP contribution in [-0.2, 0) is 11.8 Å². The minimum absolute atomic E-state index is 0.0530. The van der Waals surface area contributed by atoms with Gasteiger partial charge in [0.15, 0.2) is 0 Å². The van der Waals surface area contributed by atoms with Crippen molar-refractivity contribution in [2.75, 3.05) is 36.6 Å². The molecule has 1 aliphatic heterocycles. The monoisotopic (exact) mass is 525 g/mol. The number of phenolic OH excluding ortho intramolecular Hbond substituents is 1. The van der Waals surface area contributed by atoms with E-state index in [0.29, 0.717) is 46.7 Å². The third kappa shape index (κ3) is 4.72. The van der Waals surface area contributed by atoms with Gasteiger partial charge in [-0.2, -0.15) is 5.26 Å². The second-order valence-electron chi connectivity index (χ2n) is 9.96. The van der Waals surface area contributed by atoms with Gasteiger partial charge in [-0.25, -0.2) is 9.37 Å². The minimum atomic E-state index is -0.471. The number of pyridine rings is 2. The summed E-state index contributed by atoms with van der Waals surface area (Å²) in [7, 11) is 3.53. The van der Waals surface area contributed by atoms with Gasteiger partial charge in [0, 0.05) is 44.7 Å². The van der Waals surface area contributed by atoms with E-state index in [0.717, 1.165) is 38.3 Å². The zero-order valence-corrected chi connectivity index (χ0v) is 21.6. The zero-order valence-electron chi connectivity index (χ0n) is 20.8. The summed E-state index contributed by atoms with van der Waals surface area (Å²) in [5.41, 5.74) is 1.97. The number of fused-ring (bicyclic) bond motifs is 1. The van der Waals surface area contributed by atoms with Crippen molar-refractivity contribution in [3.8, 4) is 11.8 Å². The maximum atomic E-state index is 13.7. The fourth-order valence-electron chi connectivity index (χ4n) is 5.61. The summed E-state index contributed by atoms with van der Waals surface area (Å²) in [5.74, 6) is -0.166. The van der Waals surface area contributed by atoms with E-state index in [1.807, 2.05) is 11.9 Å². The van der Waals surface area contributed by atoms with Crippen molar-refractivity contribution in [2.45, 2.75) is 37.8 Å². The molecule has 5 rings (SSSR count). The summed E-state index contributed by atoms with van der Waals surface area (Å²) in [6, 6.07) is 9.89. The molecule has 2 fully saturated rings. The Morgan fingerprint density at radius 1 is 1.22 bits per heavy atom. The lowest BCUT2D eigenvalue weighted by atomic mass is 9.88. The van der Waals surface area contributed by atoms with Gasteiger partial charge in [0.25, 0.3) is 5.56 Å². The van der Waals surface area contributed by atoms with Crippen LogP contribution < -0.4 is 15.4 Å². The van der Waals surface area contributed by atoms with Gasteiger partial charge in [0.1, 0.15) is 33.9 Å². The standard InChI is InChI=1S/C27H29ClFN5O3/c1-32(26-20(12-30)27(36)33(2)22-9-10-24(28)31-25(22)26)18-4-6-19(7-5-18)34(13-16-14-37-15-16)21-8-3-17(29)11-23(21)35/h3,8-11,16,18-19,35H,4-7,13-15H2,1-2H3/t18-,19-. The van der Waals surface area contributed by atoms with Crippen molar-refractivity contribution in [1.29, 1.82) is 5.26 Å². The predicted octanol–water partition coefficient (Wildman–Crippen LogP) is 4.20. The van der Waals surface area contributed by atoms with Gasteiger partial charge in [0.05, 0.1) is 30.1 Å². The molecular weight excluding hydrogens is 497 g/mol. The molecule has 3 heterocycles.